The molecule has 1 aromatic rings. The van der Waals surface area contributed by atoms with Crippen LogP contribution in [0, 0.1) is 11.8 Å². The number of methoxy groups -OCH3 is 1. The Morgan fingerprint density at radius 2 is 2.16 bits per heavy atom. The number of hydrogen-bond acceptors (Lipinski definition) is 4. The van der Waals surface area contributed by atoms with Crippen LogP contribution in [0.3, 0.4) is 0 Å². The van der Waals surface area contributed by atoms with Crippen molar-refractivity contribution in [3.8, 4) is 17.6 Å². The molecule has 0 spiro atoms. The van der Waals surface area contributed by atoms with Gasteiger partial charge in [0.2, 0.25) is 0 Å². The molecule has 0 amide bonds. The molecule has 0 fully saturated rings. The molecular weight excluding hydrogens is 260 g/mol. The second-order valence-corrected chi connectivity index (χ2v) is 5.53. The van der Waals surface area contributed by atoms with Crippen molar-refractivity contribution in [3.05, 3.63) is 29.3 Å². The third kappa shape index (κ3) is 5.56. The van der Waals surface area contributed by atoms with Crippen LogP contribution >= 0.6 is 11.8 Å². The van der Waals surface area contributed by atoms with Gasteiger partial charge in [-0.1, -0.05) is 18.8 Å². The summed E-state index contributed by atoms with van der Waals surface area (Å²) < 4.78 is 5.33. The molecule has 104 valence electrons. The van der Waals surface area contributed by atoms with E-state index in [1.54, 1.807) is 18.9 Å². The van der Waals surface area contributed by atoms with E-state index in [0.29, 0.717) is 6.42 Å². The van der Waals surface area contributed by atoms with E-state index in [1.165, 1.54) is 0 Å². The van der Waals surface area contributed by atoms with E-state index < -0.39 is 0 Å². The summed E-state index contributed by atoms with van der Waals surface area (Å²) in [6.45, 7) is 2.24. The maximum atomic E-state index is 9.04. The summed E-state index contributed by atoms with van der Waals surface area (Å²) in [6.07, 6.45) is 0.484. The van der Waals surface area contributed by atoms with E-state index in [4.69, 9.17) is 14.9 Å². The van der Waals surface area contributed by atoms with Crippen LogP contribution in [-0.2, 0) is 5.75 Å². The summed E-state index contributed by atoms with van der Waals surface area (Å²) in [4.78, 5) is 0. The molecule has 0 radical (unpaired) electrons. The topological polar surface area (TPSA) is 49.7 Å². The van der Waals surface area contributed by atoms with Crippen molar-refractivity contribution in [2.75, 3.05) is 20.3 Å². The van der Waals surface area contributed by atoms with E-state index in [2.05, 4.69) is 11.8 Å². The molecule has 1 unspecified atom stereocenters. The molecule has 1 atom stereocenters. The molecule has 0 aliphatic carbocycles. The number of aliphatic hydroxyl groups is 2. The Hall–Kier alpha value is -1.15. The number of hydrogen-bond donors (Lipinski definition) is 2. The Bertz CT molecular complexity index is 448. The van der Waals surface area contributed by atoms with Crippen LogP contribution in [0.2, 0.25) is 0 Å². The van der Waals surface area contributed by atoms with Gasteiger partial charge >= 0.3 is 0 Å². The minimum Gasteiger partial charge on any atom is -0.496 e. The first-order chi connectivity index (χ1) is 9.21. The molecule has 1 rings (SSSR count). The lowest BCUT2D eigenvalue weighted by Crippen LogP contribution is -2.03. The third-order valence-electron chi connectivity index (χ3n) is 2.53. The van der Waals surface area contributed by atoms with Gasteiger partial charge in [-0.2, -0.15) is 11.8 Å². The average molecular weight is 280 g/mol. The van der Waals surface area contributed by atoms with Crippen molar-refractivity contribution >= 4 is 11.8 Å². The van der Waals surface area contributed by atoms with Gasteiger partial charge in [-0.15, -0.1) is 0 Å². The Morgan fingerprint density at radius 1 is 1.37 bits per heavy atom. The third-order valence-corrected chi connectivity index (χ3v) is 3.73. The van der Waals surface area contributed by atoms with Crippen molar-refractivity contribution < 1.29 is 14.9 Å². The van der Waals surface area contributed by atoms with Gasteiger partial charge in [0.1, 0.15) is 5.75 Å². The minimum atomic E-state index is 0.0832. The van der Waals surface area contributed by atoms with Crippen LogP contribution in [0.5, 0.6) is 5.75 Å². The molecule has 0 aromatic heterocycles. The second-order valence-electron chi connectivity index (χ2n) is 4.11. The standard InChI is InChI=1S/C15H20O3S/c1-12(10-17)19-11-14-9-13(5-3-4-8-16)6-7-15(14)18-2/h6-7,9,12,16-17H,4,8,10-11H2,1-2H3. The first-order valence-corrected chi connectivity index (χ1v) is 7.25. The van der Waals surface area contributed by atoms with Crippen LogP contribution in [0.4, 0.5) is 0 Å². The lowest BCUT2D eigenvalue weighted by atomic mass is 10.1. The molecule has 1 aromatic carbocycles. The first kappa shape index (κ1) is 15.9. The van der Waals surface area contributed by atoms with E-state index in [9.17, 15) is 0 Å². The van der Waals surface area contributed by atoms with E-state index in [0.717, 1.165) is 22.6 Å². The summed E-state index contributed by atoms with van der Waals surface area (Å²) in [5.41, 5.74) is 1.99. The zero-order chi connectivity index (χ0) is 14.1. The summed E-state index contributed by atoms with van der Waals surface area (Å²) in [5, 5.41) is 17.9. The van der Waals surface area contributed by atoms with Gasteiger partial charge < -0.3 is 14.9 Å². The largest absolute Gasteiger partial charge is 0.496 e. The second kappa shape index (κ2) is 8.87. The fourth-order valence-electron chi connectivity index (χ4n) is 1.47. The zero-order valence-electron chi connectivity index (χ0n) is 11.3. The van der Waals surface area contributed by atoms with E-state index in [-0.39, 0.29) is 18.5 Å². The van der Waals surface area contributed by atoms with E-state index >= 15 is 0 Å². The highest BCUT2D eigenvalue weighted by molar-refractivity contribution is 7.99. The SMILES string of the molecule is COc1ccc(C#CCCO)cc1CSC(C)CO. The average Bonchev–Trinajstić information content (AvgIpc) is 2.45. The van der Waals surface area contributed by atoms with Gasteiger partial charge in [0.15, 0.2) is 0 Å². The fraction of sp³-hybridized carbons (Fsp3) is 0.467. The highest BCUT2D eigenvalue weighted by Crippen LogP contribution is 2.26. The molecule has 0 heterocycles. The molecule has 0 aliphatic rings. The van der Waals surface area contributed by atoms with Gasteiger partial charge in [0, 0.05) is 28.6 Å². The molecule has 4 heteroatoms. The Labute approximate surface area is 119 Å². The van der Waals surface area contributed by atoms with E-state index in [1.807, 2.05) is 25.1 Å². The summed E-state index contributed by atoms with van der Waals surface area (Å²) in [6, 6.07) is 5.82. The monoisotopic (exact) mass is 280 g/mol. The van der Waals surface area contributed by atoms with Crippen LogP contribution in [-0.4, -0.2) is 35.8 Å². The normalized spacial score (nSPS) is 11.6. The lowest BCUT2D eigenvalue weighted by molar-refractivity contribution is 0.300. The van der Waals surface area contributed by atoms with Crippen LogP contribution in [0.25, 0.3) is 0 Å². The molecule has 0 saturated heterocycles. The first-order valence-electron chi connectivity index (χ1n) is 6.20. The van der Waals surface area contributed by atoms with Crippen LogP contribution < -0.4 is 4.74 Å². The maximum absolute atomic E-state index is 9.04. The molecule has 0 saturated carbocycles. The van der Waals surface area contributed by atoms with Gasteiger partial charge in [-0.25, -0.2) is 0 Å². The minimum absolute atomic E-state index is 0.0832. The Morgan fingerprint density at radius 3 is 2.79 bits per heavy atom. The molecule has 0 aliphatic heterocycles. The number of benzene rings is 1. The number of thioether (sulfide) groups is 1. The summed E-state index contributed by atoms with van der Waals surface area (Å²) in [7, 11) is 1.65. The summed E-state index contributed by atoms with van der Waals surface area (Å²) >= 11 is 1.68. The Kier molecular flexibility index (Phi) is 7.42. The molecule has 2 N–H and O–H groups in total. The van der Waals surface area contributed by atoms with Crippen molar-refractivity contribution in [2.24, 2.45) is 0 Å². The number of ether oxygens (including phenoxy) is 1. The van der Waals surface area contributed by atoms with Crippen LogP contribution in [0.15, 0.2) is 18.2 Å². The maximum Gasteiger partial charge on any atom is 0.122 e. The predicted molar refractivity (Wildman–Crippen MR) is 79.4 cm³/mol. The molecule has 19 heavy (non-hydrogen) atoms. The predicted octanol–water partition coefficient (Wildman–Crippen LogP) is 2.04. The van der Waals surface area contributed by atoms with Crippen LogP contribution in [0.1, 0.15) is 24.5 Å². The number of aliphatic hydroxyl groups excluding tert-OH is 2. The van der Waals surface area contributed by atoms with Gasteiger partial charge in [-0.3, -0.25) is 0 Å². The Balaban J connectivity index is 2.81. The van der Waals surface area contributed by atoms with Gasteiger partial charge in [0.25, 0.3) is 0 Å². The quantitative estimate of drug-likeness (QED) is 0.783. The molecule has 0 bridgehead atoms. The van der Waals surface area contributed by atoms with Crippen molar-refractivity contribution in [2.45, 2.75) is 24.3 Å². The highest BCUT2D eigenvalue weighted by atomic mass is 32.2. The zero-order valence-corrected chi connectivity index (χ0v) is 12.2. The van der Waals surface area contributed by atoms with Crippen molar-refractivity contribution in [1.82, 2.24) is 0 Å². The fourth-order valence-corrected chi connectivity index (χ4v) is 2.27. The highest BCUT2D eigenvalue weighted by Gasteiger charge is 2.07. The molecule has 3 nitrogen and oxygen atoms in total. The number of rotatable bonds is 6. The van der Waals surface area contributed by atoms with Gasteiger partial charge in [0.05, 0.1) is 20.3 Å². The summed E-state index contributed by atoms with van der Waals surface area (Å²) in [5.74, 6) is 7.54. The molecular formula is C15H20O3S. The lowest BCUT2D eigenvalue weighted by Gasteiger charge is -2.11. The smallest absolute Gasteiger partial charge is 0.122 e. The van der Waals surface area contributed by atoms with Crippen molar-refractivity contribution in [1.29, 1.82) is 0 Å². The van der Waals surface area contributed by atoms with Crippen molar-refractivity contribution in [3.63, 3.8) is 0 Å². The van der Waals surface area contributed by atoms with Gasteiger partial charge in [-0.05, 0) is 18.2 Å².